The summed E-state index contributed by atoms with van der Waals surface area (Å²) in [6.45, 7) is 1.36. The third-order valence-corrected chi connectivity index (χ3v) is 3.70. The molecule has 2 aromatic rings. The fourth-order valence-electron chi connectivity index (χ4n) is 2.62. The van der Waals surface area contributed by atoms with E-state index >= 15 is 0 Å². The first-order valence-electron chi connectivity index (χ1n) is 6.30. The molecule has 0 unspecified atom stereocenters. The number of carbonyl (C=O) groups is 1. The largest absolute Gasteiger partial charge is 0.477 e. The third-order valence-electron chi connectivity index (χ3n) is 3.70. The predicted octanol–water partition coefficient (Wildman–Crippen LogP) is 2.76. The highest BCUT2D eigenvalue weighted by Gasteiger charge is 2.32. The Morgan fingerprint density at radius 3 is 2.43 bits per heavy atom. The van der Waals surface area contributed by atoms with Crippen molar-refractivity contribution in [3.05, 3.63) is 45.0 Å². The number of hydrogen-bond donors (Lipinski definition) is 1. The summed E-state index contributed by atoms with van der Waals surface area (Å²) < 4.78 is 42.2. The number of rotatable bonds is 2. The molecule has 1 heterocycles. The van der Waals surface area contributed by atoms with Crippen molar-refractivity contribution in [2.75, 3.05) is 0 Å². The molecule has 0 aliphatic heterocycles. The van der Waals surface area contributed by atoms with Crippen LogP contribution in [0.15, 0.2) is 10.9 Å². The molecule has 21 heavy (non-hydrogen) atoms. The van der Waals surface area contributed by atoms with E-state index in [4.69, 9.17) is 5.11 Å². The van der Waals surface area contributed by atoms with Crippen LogP contribution in [0.4, 0.5) is 13.2 Å². The SMILES string of the molecule is Cc1c(C(=O)O)c(=O)c2cc(F)c(F)c(F)c2n1C1CC1. The quantitative estimate of drug-likeness (QED) is 0.867. The van der Waals surface area contributed by atoms with Crippen molar-refractivity contribution in [3.63, 3.8) is 0 Å². The third kappa shape index (κ3) is 1.84. The van der Waals surface area contributed by atoms with E-state index in [1.165, 1.54) is 11.5 Å². The maximum absolute atomic E-state index is 14.1. The highest BCUT2D eigenvalue weighted by molar-refractivity contribution is 5.94. The average Bonchev–Trinajstić information content (AvgIpc) is 3.22. The lowest BCUT2D eigenvalue weighted by atomic mass is 10.1. The lowest BCUT2D eigenvalue weighted by molar-refractivity contribution is 0.0694. The minimum atomic E-state index is -1.67. The van der Waals surface area contributed by atoms with Gasteiger partial charge in [0.05, 0.1) is 10.9 Å². The van der Waals surface area contributed by atoms with Gasteiger partial charge in [0, 0.05) is 11.7 Å². The van der Waals surface area contributed by atoms with Crippen molar-refractivity contribution in [1.29, 1.82) is 0 Å². The molecule has 1 aliphatic carbocycles. The van der Waals surface area contributed by atoms with E-state index in [1.807, 2.05) is 0 Å². The van der Waals surface area contributed by atoms with Gasteiger partial charge < -0.3 is 9.67 Å². The van der Waals surface area contributed by atoms with E-state index in [-0.39, 0.29) is 17.3 Å². The minimum absolute atomic E-state index is 0.0485. The van der Waals surface area contributed by atoms with Crippen LogP contribution in [0.25, 0.3) is 10.9 Å². The minimum Gasteiger partial charge on any atom is -0.477 e. The lowest BCUT2D eigenvalue weighted by Crippen LogP contribution is -2.23. The molecule has 7 heteroatoms. The van der Waals surface area contributed by atoms with E-state index < -0.39 is 39.8 Å². The molecular formula is C14H10F3NO3. The molecular weight excluding hydrogens is 287 g/mol. The number of hydrogen-bond acceptors (Lipinski definition) is 2. The zero-order valence-corrected chi connectivity index (χ0v) is 10.9. The molecule has 1 saturated carbocycles. The van der Waals surface area contributed by atoms with E-state index in [0.717, 1.165) is 0 Å². The Morgan fingerprint density at radius 1 is 1.29 bits per heavy atom. The summed E-state index contributed by atoms with van der Waals surface area (Å²) >= 11 is 0. The lowest BCUT2D eigenvalue weighted by Gasteiger charge is -2.17. The number of halogens is 3. The van der Waals surface area contributed by atoms with Crippen molar-refractivity contribution >= 4 is 16.9 Å². The summed E-state index contributed by atoms with van der Waals surface area (Å²) in [4.78, 5) is 23.4. The number of nitrogens with zero attached hydrogens (tertiary/aromatic N) is 1. The van der Waals surface area contributed by atoms with Crippen LogP contribution < -0.4 is 5.43 Å². The van der Waals surface area contributed by atoms with Gasteiger partial charge in [0.1, 0.15) is 5.56 Å². The van der Waals surface area contributed by atoms with Crippen LogP contribution in [-0.2, 0) is 0 Å². The number of fused-ring (bicyclic) bond motifs is 1. The Balaban J connectivity index is 2.60. The van der Waals surface area contributed by atoms with Gasteiger partial charge in [-0.15, -0.1) is 0 Å². The zero-order chi connectivity index (χ0) is 15.5. The van der Waals surface area contributed by atoms with E-state index in [1.54, 1.807) is 0 Å². The molecule has 110 valence electrons. The van der Waals surface area contributed by atoms with Crippen LogP contribution in [0.5, 0.6) is 0 Å². The van der Waals surface area contributed by atoms with E-state index in [2.05, 4.69) is 0 Å². The Hall–Kier alpha value is -2.31. The normalized spacial score (nSPS) is 14.7. The zero-order valence-electron chi connectivity index (χ0n) is 10.9. The summed E-state index contributed by atoms with van der Waals surface area (Å²) in [6, 6.07) is 0.353. The predicted molar refractivity (Wildman–Crippen MR) is 68.0 cm³/mol. The van der Waals surface area contributed by atoms with Gasteiger partial charge >= 0.3 is 5.97 Å². The number of carboxylic acid groups (broad SMARTS) is 1. The molecule has 1 aromatic carbocycles. The van der Waals surface area contributed by atoms with Gasteiger partial charge in [-0.05, 0) is 25.8 Å². The van der Waals surface area contributed by atoms with Crippen molar-refractivity contribution < 1.29 is 23.1 Å². The second kappa shape index (κ2) is 4.34. The maximum Gasteiger partial charge on any atom is 0.341 e. The molecule has 4 nitrogen and oxygen atoms in total. The smallest absolute Gasteiger partial charge is 0.341 e. The molecule has 1 aromatic heterocycles. The van der Waals surface area contributed by atoms with Gasteiger partial charge in [-0.1, -0.05) is 0 Å². The molecule has 1 N–H and O–H groups in total. The van der Waals surface area contributed by atoms with Gasteiger partial charge in [-0.3, -0.25) is 4.79 Å². The summed E-state index contributed by atoms with van der Waals surface area (Å²) in [5, 5.41) is 8.69. The van der Waals surface area contributed by atoms with Gasteiger partial charge in [-0.25, -0.2) is 18.0 Å². The Bertz CT molecular complexity index is 853. The van der Waals surface area contributed by atoms with Crippen molar-refractivity contribution in [1.82, 2.24) is 4.57 Å². The standard InChI is InChI=1S/C14H10F3NO3/c1-5-9(14(20)21)13(19)7-4-8(15)10(16)11(17)12(7)18(5)6-2-3-6/h4,6H,2-3H2,1H3,(H,20,21). The highest BCUT2D eigenvalue weighted by Crippen LogP contribution is 2.39. The topological polar surface area (TPSA) is 59.3 Å². The van der Waals surface area contributed by atoms with Gasteiger partial charge in [-0.2, -0.15) is 0 Å². The van der Waals surface area contributed by atoms with Crippen LogP contribution in [0.2, 0.25) is 0 Å². The van der Waals surface area contributed by atoms with Crippen LogP contribution in [0.3, 0.4) is 0 Å². The van der Waals surface area contributed by atoms with Crippen molar-refractivity contribution in [2.45, 2.75) is 25.8 Å². The van der Waals surface area contributed by atoms with Crippen LogP contribution in [0.1, 0.15) is 34.9 Å². The Kier molecular flexibility index (Phi) is 2.82. The number of benzene rings is 1. The molecule has 0 saturated heterocycles. The molecule has 0 bridgehead atoms. The first kappa shape index (κ1) is 13.7. The first-order chi connectivity index (χ1) is 9.84. The average molecular weight is 297 g/mol. The molecule has 1 aliphatic rings. The summed E-state index contributed by atoms with van der Waals surface area (Å²) in [5.74, 6) is -6.12. The second-order valence-electron chi connectivity index (χ2n) is 5.08. The Morgan fingerprint density at radius 2 is 1.90 bits per heavy atom. The van der Waals surface area contributed by atoms with E-state index in [0.29, 0.717) is 18.9 Å². The van der Waals surface area contributed by atoms with Crippen LogP contribution in [-0.4, -0.2) is 15.6 Å². The molecule has 0 radical (unpaired) electrons. The number of pyridine rings is 1. The second-order valence-corrected chi connectivity index (χ2v) is 5.08. The van der Waals surface area contributed by atoms with Crippen LogP contribution >= 0.6 is 0 Å². The van der Waals surface area contributed by atoms with Crippen LogP contribution in [0, 0.1) is 24.4 Å². The molecule has 1 fully saturated rings. The summed E-state index contributed by atoms with van der Waals surface area (Å²) in [6.07, 6.45) is 1.33. The summed E-state index contributed by atoms with van der Waals surface area (Å²) in [5.41, 5.74) is -1.87. The molecule has 0 atom stereocenters. The molecule has 0 spiro atoms. The Labute approximate surface area is 116 Å². The number of aromatic nitrogens is 1. The first-order valence-corrected chi connectivity index (χ1v) is 6.30. The number of aromatic carboxylic acids is 1. The fourth-order valence-corrected chi connectivity index (χ4v) is 2.62. The summed E-state index contributed by atoms with van der Waals surface area (Å²) in [7, 11) is 0. The maximum atomic E-state index is 14.1. The fraction of sp³-hybridized carbons (Fsp3) is 0.286. The molecule has 0 amide bonds. The monoisotopic (exact) mass is 297 g/mol. The van der Waals surface area contributed by atoms with Crippen molar-refractivity contribution in [2.24, 2.45) is 0 Å². The van der Waals surface area contributed by atoms with E-state index in [9.17, 15) is 22.8 Å². The van der Waals surface area contributed by atoms with Gasteiger partial charge in [0.2, 0.25) is 5.43 Å². The van der Waals surface area contributed by atoms with Crippen molar-refractivity contribution in [3.8, 4) is 0 Å². The van der Waals surface area contributed by atoms with Gasteiger partial charge in [0.15, 0.2) is 17.5 Å². The van der Waals surface area contributed by atoms with Gasteiger partial charge in [0.25, 0.3) is 0 Å². The highest BCUT2D eigenvalue weighted by atomic mass is 19.2. The molecule has 3 rings (SSSR count). The number of carboxylic acids is 1.